The average molecular weight is 721 g/mol. The summed E-state index contributed by atoms with van der Waals surface area (Å²) in [6, 6.07) is 67.1. The van der Waals surface area contributed by atoms with Crippen molar-refractivity contribution in [1.29, 1.82) is 0 Å². The first-order valence-corrected chi connectivity index (χ1v) is 18.6. The van der Waals surface area contributed by atoms with Crippen molar-refractivity contribution < 1.29 is 4.39 Å². The Morgan fingerprint density at radius 2 is 0.768 bits per heavy atom. The molecule has 0 spiro atoms. The van der Waals surface area contributed by atoms with Crippen LogP contribution < -0.4 is 0 Å². The lowest BCUT2D eigenvalue weighted by atomic mass is 9.97. The standard InChI is InChI=1S/C51H33FN4/c52-46-24-14-13-23-41(46)43-33-40(27-28-42(43)51-54-49(36-19-9-3-10-20-36)53-50(55-51)37-21-11-4-12-22-37)56-47-29-25-38(34-15-5-1-6-16-34)31-44(47)45-32-39(26-30-48(45)56)35-17-7-2-8-18-35/h1-33H. The zero-order chi connectivity index (χ0) is 37.4. The van der Waals surface area contributed by atoms with E-state index >= 15 is 4.39 Å². The third-order valence-electron chi connectivity index (χ3n) is 10.3. The Morgan fingerprint density at radius 1 is 0.321 bits per heavy atom. The van der Waals surface area contributed by atoms with Crippen LogP contribution in [0.1, 0.15) is 0 Å². The first-order valence-electron chi connectivity index (χ1n) is 18.6. The quantitative estimate of drug-likeness (QED) is 0.165. The molecule has 8 aromatic carbocycles. The topological polar surface area (TPSA) is 43.6 Å². The third kappa shape index (κ3) is 6.02. The molecule has 0 saturated carbocycles. The summed E-state index contributed by atoms with van der Waals surface area (Å²) < 4.78 is 18.3. The van der Waals surface area contributed by atoms with Crippen molar-refractivity contribution in [3.8, 4) is 73.2 Å². The largest absolute Gasteiger partial charge is 0.309 e. The lowest BCUT2D eigenvalue weighted by Gasteiger charge is -2.16. The Morgan fingerprint density at radius 3 is 1.27 bits per heavy atom. The predicted molar refractivity (Wildman–Crippen MR) is 227 cm³/mol. The molecular formula is C51H33FN4. The summed E-state index contributed by atoms with van der Waals surface area (Å²) in [5, 5.41) is 2.27. The lowest BCUT2D eigenvalue weighted by Crippen LogP contribution is -2.02. The van der Waals surface area contributed by atoms with Crippen LogP contribution in [0.5, 0.6) is 0 Å². The smallest absolute Gasteiger partial charge is 0.164 e. The van der Waals surface area contributed by atoms with Crippen molar-refractivity contribution in [3.63, 3.8) is 0 Å². The van der Waals surface area contributed by atoms with Gasteiger partial charge in [0.05, 0.1) is 11.0 Å². The summed E-state index contributed by atoms with van der Waals surface area (Å²) in [7, 11) is 0. The van der Waals surface area contributed by atoms with Gasteiger partial charge in [0.15, 0.2) is 17.5 Å². The van der Waals surface area contributed by atoms with Gasteiger partial charge in [-0.1, -0.05) is 152 Å². The molecule has 0 radical (unpaired) electrons. The fourth-order valence-corrected chi connectivity index (χ4v) is 7.62. The molecule has 10 rings (SSSR count). The maximum atomic E-state index is 16.0. The van der Waals surface area contributed by atoms with E-state index in [0.717, 1.165) is 60.9 Å². The molecule has 0 saturated heterocycles. The minimum absolute atomic E-state index is 0.325. The highest BCUT2D eigenvalue weighted by Gasteiger charge is 2.21. The second-order valence-corrected chi connectivity index (χ2v) is 13.8. The Bertz CT molecular complexity index is 2860. The van der Waals surface area contributed by atoms with Crippen LogP contribution in [0.4, 0.5) is 4.39 Å². The Hall–Kier alpha value is -7.50. The minimum atomic E-state index is -0.325. The Balaban J connectivity index is 1.22. The number of rotatable bonds is 7. The molecule has 0 fully saturated rings. The maximum absolute atomic E-state index is 16.0. The molecule has 0 amide bonds. The summed E-state index contributed by atoms with van der Waals surface area (Å²) in [5.74, 6) is 1.23. The van der Waals surface area contributed by atoms with E-state index in [9.17, 15) is 0 Å². The molecule has 0 atom stereocenters. The van der Waals surface area contributed by atoms with Crippen LogP contribution in [-0.4, -0.2) is 19.5 Å². The minimum Gasteiger partial charge on any atom is -0.309 e. The average Bonchev–Trinajstić information content (AvgIpc) is 3.60. The van der Waals surface area contributed by atoms with Crippen LogP contribution in [0, 0.1) is 5.82 Å². The van der Waals surface area contributed by atoms with Crippen molar-refractivity contribution >= 4 is 21.8 Å². The lowest BCUT2D eigenvalue weighted by molar-refractivity contribution is 0.631. The van der Waals surface area contributed by atoms with Crippen molar-refractivity contribution in [2.75, 3.05) is 0 Å². The highest BCUT2D eigenvalue weighted by Crippen LogP contribution is 2.40. The van der Waals surface area contributed by atoms with Gasteiger partial charge >= 0.3 is 0 Å². The number of nitrogens with zero attached hydrogens (tertiary/aromatic N) is 4. The molecule has 5 heteroatoms. The van der Waals surface area contributed by atoms with Gasteiger partial charge in [-0.15, -0.1) is 0 Å². The summed E-state index contributed by atoms with van der Waals surface area (Å²) >= 11 is 0. The predicted octanol–water partition coefficient (Wildman–Crippen LogP) is 13.1. The van der Waals surface area contributed by atoms with E-state index in [4.69, 9.17) is 15.0 Å². The normalized spacial score (nSPS) is 11.3. The van der Waals surface area contributed by atoms with Gasteiger partial charge in [0, 0.05) is 38.7 Å². The van der Waals surface area contributed by atoms with Crippen molar-refractivity contribution in [3.05, 3.63) is 206 Å². The molecule has 2 heterocycles. The molecule has 0 unspecified atom stereocenters. The van der Waals surface area contributed by atoms with E-state index in [2.05, 4.69) is 102 Å². The van der Waals surface area contributed by atoms with E-state index in [0.29, 0.717) is 34.2 Å². The van der Waals surface area contributed by atoms with Gasteiger partial charge < -0.3 is 4.57 Å². The Kier molecular flexibility index (Phi) is 8.30. The molecule has 0 aliphatic rings. The zero-order valence-electron chi connectivity index (χ0n) is 30.2. The van der Waals surface area contributed by atoms with E-state index in [1.54, 1.807) is 6.07 Å². The number of halogens is 1. The monoisotopic (exact) mass is 720 g/mol. The number of benzene rings is 8. The molecule has 56 heavy (non-hydrogen) atoms. The summed E-state index contributed by atoms with van der Waals surface area (Å²) in [6.45, 7) is 0. The molecule has 0 aliphatic carbocycles. The van der Waals surface area contributed by atoms with E-state index in [1.807, 2.05) is 91.0 Å². The summed E-state index contributed by atoms with van der Waals surface area (Å²) in [5.41, 5.74) is 11.2. The van der Waals surface area contributed by atoms with Crippen molar-refractivity contribution in [1.82, 2.24) is 19.5 Å². The number of hydrogen-bond donors (Lipinski definition) is 0. The van der Waals surface area contributed by atoms with Crippen LogP contribution in [-0.2, 0) is 0 Å². The van der Waals surface area contributed by atoms with Gasteiger partial charge in [-0.05, 0) is 76.3 Å². The van der Waals surface area contributed by atoms with Crippen molar-refractivity contribution in [2.45, 2.75) is 0 Å². The molecule has 264 valence electrons. The van der Waals surface area contributed by atoms with Crippen LogP contribution in [0.15, 0.2) is 200 Å². The molecule has 0 bridgehead atoms. The second-order valence-electron chi connectivity index (χ2n) is 13.8. The van der Waals surface area contributed by atoms with E-state index < -0.39 is 0 Å². The molecule has 0 aliphatic heterocycles. The van der Waals surface area contributed by atoms with Gasteiger partial charge in [-0.3, -0.25) is 0 Å². The number of aromatic nitrogens is 4. The van der Waals surface area contributed by atoms with Crippen LogP contribution in [0.25, 0.3) is 95.0 Å². The van der Waals surface area contributed by atoms with Crippen molar-refractivity contribution in [2.24, 2.45) is 0 Å². The highest BCUT2D eigenvalue weighted by atomic mass is 19.1. The van der Waals surface area contributed by atoms with Gasteiger partial charge in [-0.25, -0.2) is 19.3 Å². The number of fused-ring (bicyclic) bond motifs is 3. The third-order valence-corrected chi connectivity index (χ3v) is 10.3. The van der Waals surface area contributed by atoms with E-state index in [-0.39, 0.29) is 5.82 Å². The van der Waals surface area contributed by atoms with Crippen LogP contribution >= 0.6 is 0 Å². The maximum Gasteiger partial charge on any atom is 0.164 e. The van der Waals surface area contributed by atoms with Gasteiger partial charge in [0.1, 0.15) is 5.82 Å². The molecule has 0 N–H and O–H groups in total. The molecule has 2 aromatic heterocycles. The van der Waals surface area contributed by atoms with Gasteiger partial charge in [0.25, 0.3) is 0 Å². The number of hydrogen-bond acceptors (Lipinski definition) is 3. The zero-order valence-corrected chi connectivity index (χ0v) is 30.2. The first kappa shape index (κ1) is 33.1. The molecule has 10 aromatic rings. The highest BCUT2D eigenvalue weighted by molar-refractivity contribution is 6.11. The SMILES string of the molecule is Fc1ccccc1-c1cc(-n2c3ccc(-c4ccccc4)cc3c3cc(-c4ccccc4)ccc32)ccc1-c1nc(-c2ccccc2)nc(-c2ccccc2)n1. The van der Waals surface area contributed by atoms with Crippen LogP contribution in [0.2, 0.25) is 0 Å². The fourth-order valence-electron chi connectivity index (χ4n) is 7.62. The van der Waals surface area contributed by atoms with Gasteiger partial charge in [-0.2, -0.15) is 0 Å². The molecule has 4 nitrogen and oxygen atoms in total. The summed E-state index contributed by atoms with van der Waals surface area (Å²) in [6.07, 6.45) is 0. The fraction of sp³-hybridized carbons (Fsp3) is 0. The van der Waals surface area contributed by atoms with E-state index in [1.165, 1.54) is 6.07 Å². The second kappa shape index (κ2) is 14.0. The Labute approximate surface area is 323 Å². The van der Waals surface area contributed by atoms with Gasteiger partial charge in [0.2, 0.25) is 0 Å². The molecular weight excluding hydrogens is 688 g/mol. The van der Waals surface area contributed by atoms with Crippen LogP contribution in [0.3, 0.4) is 0 Å². The first-order chi connectivity index (χ1) is 27.7. The summed E-state index contributed by atoms with van der Waals surface area (Å²) in [4.78, 5) is 15.0.